The number of carbonyl (C=O) groups is 1. The summed E-state index contributed by atoms with van der Waals surface area (Å²) in [6, 6.07) is 21.7. The zero-order valence-corrected chi connectivity index (χ0v) is 23.5. The molecule has 0 heterocycles. The van der Waals surface area contributed by atoms with Gasteiger partial charge in [-0.1, -0.05) is 84.9 Å². The molecule has 8 nitrogen and oxygen atoms in total. The van der Waals surface area contributed by atoms with E-state index in [1.807, 2.05) is 36.4 Å². The molecular weight excluding hydrogens is 561 g/mol. The maximum Gasteiger partial charge on any atom is 0.399 e. The van der Waals surface area contributed by atoms with Crippen LogP contribution >= 0.6 is 7.60 Å². The van der Waals surface area contributed by atoms with Crippen LogP contribution in [0, 0.1) is 0 Å². The Labute approximate surface area is 233 Å². The van der Waals surface area contributed by atoms with Crippen LogP contribution in [0.15, 0.2) is 84.9 Å². The van der Waals surface area contributed by atoms with Gasteiger partial charge in [0.1, 0.15) is 6.04 Å². The Hall–Kier alpha value is -2.95. The molecule has 4 N–H and O–H groups in total. The van der Waals surface area contributed by atoms with Crippen LogP contribution in [0.1, 0.15) is 35.1 Å². The summed E-state index contributed by atoms with van der Waals surface area (Å²) < 4.78 is 67.4. The zero-order chi connectivity index (χ0) is 29.2. The molecule has 40 heavy (non-hydrogen) atoms. The molecule has 0 saturated heterocycles. The van der Waals surface area contributed by atoms with Crippen LogP contribution in [0.25, 0.3) is 0 Å². The molecule has 0 aliphatic heterocycles. The van der Waals surface area contributed by atoms with Gasteiger partial charge in [0.2, 0.25) is 15.9 Å². The van der Waals surface area contributed by atoms with Crippen LogP contribution in [0.4, 0.5) is 8.78 Å². The Morgan fingerprint density at radius 3 is 1.93 bits per heavy atom. The van der Waals surface area contributed by atoms with Crippen LogP contribution in [0.5, 0.6) is 0 Å². The standard InChI is InChI=1S/C28H33F2N2O6PS/c29-28(30,39(34,35)36)25-16-14-24(15-17-25)21-26(32-40(37,38)20-18-23-11-5-2-6-12-23)27(33)31-19-8-7-13-22-9-3-1-4-10-22/h1-6,9-12,14-17,26,32H,7-8,13,18-21H2,(H,31,33)(H2,34,35,36)/t26-/m0/s1. The van der Waals surface area contributed by atoms with Gasteiger partial charge >= 0.3 is 13.3 Å². The van der Waals surface area contributed by atoms with Crippen LogP contribution in [0.3, 0.4) is 0 Å². The van der Waals surface area contributed by atoms with Gasteiger partial charge in [0.15, 0.2) is 0 Å². The van der Waals surface area contributed by atoms with E-state index >= 15 is 0 Å². The zero-order valence-electron chi connectivity index (χ0n) is 21.7. The van der Waals surface area contributed by atoms with Crippen molar-refractivity contribution in [3.05, 3.63) is 107 Å². The number of nitrogens with one attached hydrogen (secondary N) is 2. The second-order valence-corrected chi connectivity index (χ2v) is 13.0. The molecule has 12 heteroatoms. The SMILES string of the molecule is O=C(NCCCCc1ccccc1)[C@H](Cc1ccc(C(F)(F)P(=O)(O)O)cc1)NS(=O)(=O)CCc1ccccc1. The number of hydrogen-bond donors (Lipinski definition) is 4. The maximum atomic E-state index is 14.0. The van der Waals surface area contributed by atoms with Crippen molar-refractivity contribution in [1.82, 2.24) is 10.0 Å². The quantitative estimate of drug-likeness (QED) is 0.155. The number of rotatable bonds is 15. The highest BCUT2D eigenvalue weighted by atomic mass is 32.2. The number of unbranched alkanes of at least 4 members (excludes halogenated alkanes) is 1. The van der Waals surface area contributed by atoms with E-state index in [2.05, 4.69) is 10.0 Å². The number of aryl methyl sites for hydroxylation is 2. The molecule has 0 fully saturated rings. The van der Waals surface area contributed by atoms with Gasteiger partial charge in [0, 0.05) is 12.1 Å². The van der Waals surface area contributed by atoms with Crippen molar-refractivity contribution in [1.29, 1.82) is 0 Å². The number of carbonyl (C=O) groups excluding carboxylic acids is 1. The molecule has 0 radical (unpaired) electrons. The molecule has 3 aromatic carbocycles. The second kappa shape index (κ2) is 14.1. The van der Waals surface area contributed by atoms with Gasteiger partial charge in [0.05, 0.1) is 5.75 Å². The number of benzene rings is 3. The Bertz CT molecular complexity index is 1390. The largest absolute Gasteiger partial charge is 0.399 e. The van der Waals surface area contributed by atoms with E-state index in [1.54, 1.807) is 24.3 Å². The smallest absolute Gasteiger partial charge is 0.355 e. The minimum Gasteiger partial charge on any atom is -0.355 e. The van der Waals surface area contributed by atoms with Gasteiger partial charge in [-0.2, -0.15) is 8.78 Å². The average molecular weight is 595 g/mol. The Morgan fingerprint density at radius 1 is 0.825 bits per heavy atom. The van der Waals surface area contributed by atoms with Crippen molar-refractivity contribution in [2.24, 2.45) is 0 Å². The van der Waals surface area contributed by atoms with E-state index in [0.717, 1.165) is 30.5 Å². The summed E-state index contributed by atoms with van der Waals surface area (Å²) in [5, 5.41) is 2.75. The van der Waals surface area contributed by atoms with Crippen molar-refractivity contribution < 1.29 is 36.3 Å². The molecule has 3 rings (SSSR count). The summed E-state index contributed by atoms with van der Waals surface area (Å²) in [6.07, 6.45) is 2.39. The second-order valence-electron chi connectivity index (χ2n) is 9.44. The fraction of sp³-hybridized carbons (Fsp3) is 0.321. The normalized spacial score (nSPS) is 13.1. The Balaban J connectivity index is 1.66. The van der Waals surface area contributed by atoms with Crippen molar-refractivity contribution >= 4 is 23.5 Å². The van der Waals surface area contributed by atoms with Crippen LogP contribution in [0.2, 0.25) is 0 Å². The highest BCUT2D eigenvalue weighted by Gasteiger charge is 2.50. The van der Waals surface area contributed by atoms with Gasteiger partial charge in [-0.25, -0.2) is 13.1 Å². The highest BCUT2D eigenvalue weighted by molar-refractivity contribution is 7.89. The molecule has 1 amide bonds. The molecule has 0 spiro atoms. The molecule has 0 aliphatic carbocycles. The topological polar surface area (TPSA) is 133 Å². The predicted molar refractivity (Wildman–Crippen MR) is 149 cm³/mol. The fourth-order valence-corrected chi connectivity index (χ4v) is 5.77. The summed E-state index contributed by atoms with van der Waals surface area (Å²) >= 11 is 0. The lowest BCUT2D eigenvalue weighted by Crippen LogP contribution is -2.48. The molecular formula is C28H33F2N2O6PS. The number of halogens is 2. The molecule has 0 unspecified atom stereocenters. The first-order valence-corrected chi connectivity index (χ1v) is 16.0. The lowest BCUT2D eigenvalue weighted by Gasteiger charge is -2.20. The van der Waals surface area contributed by atoms with Crippen molar-refractivity contribution in [3.8, 4) is 0 Å². The third kappa shape index (κ3) is 9.60. The van der Waals surface area contributed by atoms with Crippen LogP contribution in [-0.2, 0) is 44.3 Å². The molecule has 216 valence electrons. The summed E-state index contributed by atoms with van der Waals surface area (Å²) in [5.41, 5.74) is -2.94. The molecule has 1 atom stereocenters. The van der Waals surface area contributed by atoms with Crippen molar-refractivity contribution in [2.45, 2.75) is 43.8 Å². The van der Waals surface area contributed by atoms with Crippen LogP contribution in [-0.4, -0.2) is 42.5 Å². The molecule has 0 aliphatic rings. The van der Waals surface area contributed by atoms with E-state index in [0.29, 0.717) is 18.5 Å². The summed E-state index contributed by atoms with van der Waals surface area (Å²) in [6.45, 7) is 0.321. The van der Waals surface area contributed by atoms with E-state index in [4.69, 9.17) is 9.79 Å². The lowest BCUT2D eigenvalue weighted by molar-refractivity contribution is -0.122. The van der Waals surface area contributed by atoms with Gasteiger partial charge in [0.25, 0.3) is 0 Å². The summed E-state index contributed by atoms with van der Waals surface area (Å²) in [5.74, 6) is -0.821. The van der Waals surface area contributed by atoms with Gasteiger partial charge in [-0.15, -0.1) is 0 Å². The van der Waals surface area contributed by atoms with Crippen molar-refractivity contribution in [2.75, 3.05) is 12.3 Å². The number of hydrogen-bond acceptors (Lipinski definition) is 4. The first-order chi connectivity index (χ1) is 18.9. The first kappa shape index (κ1) is 31.6. The van der Waals surface area contributed by atoms with Gasteiger partial charge < -0.3 is 15.1 Å². The van der Waals surface area contributed by atoms with Crippen LogP contribution < -0.4 is 10.0 Å². The third-order valence-corrected chi connectivity index (χ3v) is 8.66. The van der Waals surface area contributed by atoms with Gasteiger partial charge in [-0.05, 0) is 48.8 Å². The third-order valence-electron chi connectivity index (χ3n) is 6.28. The molecule has 3 aromatic rings. The minimum atomic E-state index is -5.74. The number of sulfonamides is 1. The van der Waals surface area contributed by atoms with E-state index in [9.17, 15) is 26.6 Å². The molecule has 0 aromatic heterocycles. The predicted octanol–water partition coefficient (Wildman–Crippen LogP) is 4.13. The Morgan fingerprint density at radius 2 is 1.38 bits per heavy atom. The fourth-order valence-electron chi connectivity index (χ4n) is 4.04. The molecule has 0 bridgehead atoms. The summed E-state index contributed by atoms with van der Waals surface area (Å²) in [7, 11) is -9.64. The Kier molecular flexibility index (Phi) is 11.1. The first-order valence-electron chi connectivity index (χ1n) is 12.8. The maximum absolute atomic E-state index is 14.0. The number of alkyl halides is 2. The van der Waals surface area contributed by atoms with E-state index in [1.165, 1.54) is 17.7 Å². The monoisotopic (exact) mass is 594 g/mol. The number of amides is 1. The van der Waals surface area contributed by atoms with E-state index < -0.39 is 40.8 Å². The summed E-state index contributed by atoms with van der Waals surface area (Å²) in [4.78, 5) is 31.0. The van der Waals surface area contributed by atoms with E-state index in [-0.39, 0.29) is 18.6 Å². The van der Waals surface area contributed by atoms with Gasteiger partial charge in [-0.3, -0.25) is 9.36 Å². The lowest BCUT2D eigenvalue weighted by atomic mass is 10.0. The average Bonchev–Trinajstić information content (AvgIpc) is 2.92. The highest BCUT2D eigenvalue weighted by Crippen LogP contribution is 2.59. The van der Waals surface area contributed by atoms with Crippen molar-refractivity contribution in [3.63, 3.8) is 0 Å². The molecule has 0 saturated carbocycles. The minimum absolute atomic E-state index is 0.151.